The molecule has 2 aliphatic rings. The summed E-state index contributed by atoms with van der Waals surface area (Å²) in [7, 11) is 0. The van der Waals surface area contributed by atoms with E-state index in [0.29, 0.717) is 26.2 Å². The Balaban J connectivity index is 1.60. The average Bonchev–Trinajstić information content (AvgIpc) is 2.96. The first-order chi connectivity index (χ1) is 10.5. The van der Waals surface area contributed by atoms with Crippen molar-refractivity contribution in [3.8, 4) is 0 Å². The molecule has 3 rings (SSSR count). The Morgan fingerprint density at radius 2 is 1.86 bits per heavy atom. The molecule has 6 heteroatoms. The summed E-state index contributed by atoms with van der Waals surface area (Å²) in [6.45, 7) is 2.12. The maximum atomic E-state index is 13.8. The van der Waals surface area contributed by atoms with Gasteiger partial charge in [-0.1, -0.05) is 0 Å². The SMILES string of the molecule is N[C@H]1CC[C@@H](C(=O)N2CCN(c3cc(F)ccc3F)CC2)C1. The first-order valence-corrected chi connectivity index (χ1v) is 7.79. The minimum atomic E-state index is -0.449. The van der Waals surface area contributed by atoms with Crippen LogP contribution in [0.2, 0.25) is 0 Å². The van der Waals surface area contributed by atoms with Crippen LogP contribution in [0.1, 0.15) is 19.3 Å². The molecule has 2 fully saturated rings. The van der Waals surface area contributed by atoms with Crippen LogP contribution in [0.4, 0.5) is 14.5 Å². The average molecular weight is 309 g/mol. The van der Waals surface area contributed by atoms with Gasteiger partial charge in [-0.15, -0.1) is 0 Å². The van der Waals surface area contributed by atoms with E-state index in [1.807, 2.05) is 4.90 Å². The molecular weight excluding hydrogens is 288 g/mol. The fourth-order valence-electron chi connectivity index (χ4n) is 3.39. The topological polar surface area (TPSA) is 49.6 Å². The third kappa shape index (κ3) is 3.06. The minimum absolute atomic E-state index is 0.0347. The highest BCUT2D eigenvalue weighted by atomic mass is 19.1. The number of benzene rings is 1. The molecule has 22 heavy (non-hydrogen) atoms. The van der Waals surface area contributed by atoms with Crippen LogP contribution in [0.3, 0.4) is 0 Å². The molecule has 0 aromatic heterocycles. The zero-order chi connectivity index (χ0) is 15.7. The van der Waals surface area contributed by atoms with Crippen molar-refractivity contribution in [2.45, 2.75) is 25.3 Å². The van der Waals surface area contributed by atoms with Crippen molar-refractivity contribution < 1.29 is 13.6 Å². The molecule has 1 aliphatic carbocycles. The van der Waals surface area contributed by atoms with Gasteiger partial charge in [0.15, 0.2) is 0 Å². The number of amides is 1. The molecule has 0 unspecified atom stereocenters. The Labute approximate surface area is 128 Å². The van der Waals surface area contributed by atoms with Crippen LogP contribution in [0, 0.1) is 17.6 Å². The molecule has 1 aromatic rings. The number of halogens is 2. The van der Waals surface area contributed by atoms with E-state index in [2.05, 4.69) is 0 Å². The first-order valence-electron chi connectivity index (χ1n) is 7.79. The van der Waals surface area contributed by atoms with E-state index in [4.69, 9.17) is 5.73 Å². The van der Waals surface area contributed by atoms with Gasteiger partial charge in [0.25, 0.3) is 0 Å². The predicted octanol–water partition coefficient (Wildman–Crippen LogP) is 1.74. The highest BCUT2D eigenvalue weighted by Gasteiger charge is 2.32. The third-order valence-corrected chi connectivity index (χ3v) is 4.66. The number of piperazine rings is 1. The summed E-state index contributed by atoms with van der Waals surface area (Å²) in [5.74, 6) is -0.683. The quantitative estimate of drug-likeness (QED) is 0.905. The molecule has 1 saturated carbocycles. The van der Waals surface area contributed by atoms with Gasteiger partial charge >= 0.3 is 0 Å². The highest BCUT2D eigenvalue weighted by Crippen LogP contribution is 2.27. The summed E-state index contributed by atoms with van der Waals surface area (Å²) < 4.78 is 27.1. The lowest BCUT2D eigenvalue weighted by molar-refractivity contribution is -0.135. The second kappa shape index (κ2) is 6.20. The van der Waals surface area contributed by atoms with Crippen molar-refractivity contribution in [3.05, 3.63) is 29.8 Å². The first kappa shape index (κ1) is 15.2. The molecule has 2 atom stereocenters. The maximum Gasteiger partial charge on any atom is 0.225 e. The molecule has 0 bridgehead atoms. The monoisotopic (exact) mass is 309 g/mol. The standard InChI is InChI=1S/C16H21F2N3O/c17-12-2-4-14(18)15(10-12)20-5-7-21(8-6-20)16(22)11-1-3-13(19)9-11/h2,4,10-11,13H,1,3,5-9,19H2/t11-,13+/m1/s1. The van der Waals surface area contributed by atoms with Crippen LogP contribution in [-0.4, -0.2) is 43.0 Å². The number of carbonyl (C=O) groups is 1. The van der Waals surface area contributed by atoms with Crippen LogP contribution >= 0.6 is 0 Å². The van der Waals surface area contributed by atoms with Crippen molar-refractivity contribution in [2.75, 3.05) is 31.1 Å². The largest absolute Gasteiger partial charge is 0.366 e. The van der Waals surface area contributed by atoms with Crippen molar-refractivity contribution in [1.82, 2.24) is 4.90 Å². The molecular formula is C16H21F2N3O. The smallest absolute Gasteiger partial charge is 0.225 e. The zero-order valence-corrected chi connectivity index (χ0v) is 12.5. The molecule has 2 N–H and O–H groups in total. The summed E-state index contributed by atoms with van der Waals surface area (Å²) in [6, 6.07) is 3.60. The number of carbonyl (C=O) groups excluding carboxylic acids is 1. The lowest BCUT2D eigenvalue weighted by Gasteiger charge is -2.37. The molecule has 1 heterocycles. The molecule has 0 radical (unpaired) electrons. The van der Waals surface area contributed by atoms with E-state index in [1.54, 1.807) is 4.90 Å². The van der Waals surface area contributed by atoms with Crippen molar-refractivity contribution in [2.24, 2.45) is 11.7 Å². The molecule has 120 valence electrons. The normalized spacial score (nSPS) is 25.6. The lowest BCUT2D eigenvalue weighted by atomic mass is 10.1. The van der Waals surface area contributed by atoms with Gasteiger partial charge in [0.1, 0.15) is 11.6 Å². The van der Waals surface area contributed by atoms with Crippen molar-refractivity contribution in [3.63, 3.8) is 0 Å². The fourth-order valence-corrected chi connectivity index (χ4v) is 3.39. The van der Waals surface area contributed by atoms with Crippen molar-refractivity contribution >= 4 is 11.6 Å². The van der Waals surface area contributed by atoms with E-state index in [0.717, 1.165) is 31.4 Å². The molecule has 0 spiro atoms. The summed E-state index contributed by atoms with van der Waals surface area (Å²) in [5, 5.41) is 0. The molecule has 1 saturated heterocycles. The molecule has 4 nitrogen and oxygen atoms in total. The summed E-state index contributed by atoms with van der Waals surface area (Å²) in [5.41, 5.74) is 6.14. The van der Waals surface area contributed by atoms with E-state index < -0.39 is 11.6 Å². The van der Waals surface area contributed by atoms with E-state index >= 15 is 0 Å². The zero-order valence-electron chi connectivity index (χ0n) is 12.5. The predicted molar refractivity (Wildman–Crippen MR) is 80.5 cm³/mol. The number of nitrogens with zero attached hydrogens (tertiary/aromatic N) is 2. The number of hydrogen-bond donors (Lipinski definition) is 1. The number of anilines is 1. The lowest BCUT2D eigenvalue weighted by Crippen LogP contribution is -2.50. The second-order valence-corrected chi connectivity index (χ2v) is 6.18. The van der Waals surface area contributed by atoms with Crippen LogP contribution in [0.25, 0.3) is 0 Å². The van der Waals surface area contributed by atoms with Crippen LogP contribution in [0.15, 0.2) is 18.2 Å². The summed E-state index contributed by atoms with van der Waals surface area (Å²) in [4.78, 5) is 16.1. The van der Waals surface area contributed by atoms with Gasteiger partial charge in [-0.3, -0.25) is 4.79 Å². The molecule has 1 amide bonds. The van der Waals surface area contributed by atoms with Gasteiger partial charge in [-0.2, -0.15) is 0 Å². The second-order valence-electron chi connectivity index (χ2n) is 6.18. The van der Waals surface area contributed by atoms with E-state index in [9.17, 15) is 13.6 Å². The van der Waals surface area contributed by atoms with Gasteiger partial charge < -0.3 is 15.5 Å². The van der Waals surface area contributed by atoms with E-state index in [1.165, 1.54) is 6.07 Å². The van der Waals surface area contributed by atoms with Crippen LogP contribution in [-0.2, 0) is 4.79 Å². The van der Waals surface area contributed by atoms with Crippen LogP contribution < -0.4 is 10.6 Å². The minimum Gasteiger partial charge on any atom is -0.366 e. The van der Waals surface area contributed by atoms with Gasteiger partial charge in [0.2, 0.25) is 5.91 Å². The molecule has 1 aromatic carbocycles. The number of rotatable bonds is 2. The Hall–Kier alpha value is -1.69. The maximum absolute atomic E-state index is 13.8. The van der Waals surface area contributed by atoms with Gasteiger partial charge in [0, 0.05) is 44.2 Å². The Bertz CT molecular complexity index is 558. The number of nitrogens with two attached hydrogens (primary N) is 1. The Morgan fingerprint density at radius 1 is 1.14 bits per heavy atom. The van der Waals surface area contributed by atoms with Crippen LogP contribution in [0.5, 0.6) is 0 Å². The van der Waals surface area contributed by atoms with Crippen molar-refractivity contribution in [1.29, 1.82) is 0 Å². The molecule has 1 aliphatic heterocycles. The summed E-state index contributed by atoms with van der Waals surface area (Å²) in [6.07, 6.45) is 2.53. The Kier molecular flexibility index (Phi) is 4.29. The van der Waals surface area contributed by atoms with Gasteiger partial charge in [-0.05, 0) is 31.4 Å². The van der Waals surface area contributed by atoms with E-state index in [-0.39, 0.29) is 23.6 Å². The Morgan fingerprint density at radius 3 is 2.50 bits per heavy atom. The van der Waals surface area contributed by atoms with Gasteiger partial charge in [0.05, 0.1) is 5.69 Å². The fraction of sp³-hybridized carbons (Fsp3) is 0.562. The third-order valence-electron chi connectivity index (χ3n) is 4.66. The summed E-state index contributed by atoms with van der Waals surface area (Å²) >= 11 is 0. The van der Waals surface area contributed by atoms with Gasteiger partial charge in [-0.25, -0.2) is 8.78 Å². The highest BCUT2D eigenvalue weighted by molar-refractivity contribution is 5.79. The number of hydrogen-bond acceptors (Lipinski definition) is 3.